The molecule has 0 radical (unpaired) electrons. The monoisotopic (exact) mass is 547 g/mol. The zero-order valence-corrected chi connectivity index (χ0v) is 22.5. The third-order valence-electron chi connectivity index (χ3n) is 6.10. The Hall–Kier alpha value is -4.70. The quantitative estimate of drug-likeness (QED) is 0.111. The number of esters is 1. The van der Waals surface area contributed by atoms with Crippen molar-refractivity contribution in [2.45, 2.75) is 32.9 Å². The SMILES string of the molecule is COC(=O)C=CC(=O)N(O)CCCCN(Cc1ccc(COC(=O)Nc2cccc3ccccc23)cc1)C(C)=O. The number of fused-ring (bicyclic) bond motifs is 1. The first-order valence-electron chi connectivity index (χ1n) is 12.8. The fourth-order valence-electron chi connectivity index (χ4n) is 3.91. The van der Waals surface area contributed by atoms with Crippen LogP contribution in [0.25, 0.3) is 10.8 Å². The van der Waals surface area contributed by atoms with Crippen molar-refractivity contribution in [3.8, 4) is 0 Å². The van der Waals surface area contributed by atoms with E-state index in [1.54, 1.807) is 4.90 Å². The normalized spacial score (nSPS) is 10.8. The molecule has 0 fully saturated rings. The van der Waals surface area contributed by atoms with Gasteiger partial charge in [-0.1, -0.05) is 60.7 Å². The van der Waals surface area contributed by atoms with Crippen LogP contribution >= 0.6 is 0 Å². The first-order chi connectivity index (χ1) is 19.3. The highest BCUT2D eigenvalue weighted by Crippen LogP contribution is 2.23. The lowest BCUT2D eigenvalue weighted by atomic mass is 10.1. The molecule has 0 saturated carbocycles. The highest BCUT2D eigenvalue weighted by molar-refractivity contribution is 6.00. The van der Waals surface area contributed by atoms with E-state index in [0.29, 0.717) is 36.7 Å². The van der Waals surface area contributed by atoms with Crippen LogP contribution in [0.15, 0.2) is 78.9 Å². The van der Waals surface area contributed by atoms with Gasteiger partial charge in [-0.25, -0.2) is 14.7 Å². The van der Waals surface area contributed by atoms with E-state index in [0.717, 1.165) is 34.1 Å². The van der Waals surface area contributed by atoms with E-state index in [9.17, 15) is 24.4 Å². The maximum absolute atomic E-state index is 12.4. The fraction of sp³-hybridized carbons (Fsp3) is 0.267. The first kappa shape index (κ1) is 29.9. The van der Waals surface area contributed by atoms with Gasteiger partial charge in [-0.3, -0.25) is 20.1 Å². The Morgan fingerprint density at radius 1 is 0.875 bits per heavy atom. The van der Waals surface area contributed by atoms with Gasteiger partial charge in [0.2, 0.25) is 5.91 Å². The van der Waals surface area contributed by atoms with E-state index >= 15 is 0 Å². The molecule has 10 nitrogen and oxygen atoms in total. The Labute approximate surface area is 232 Å². The number of anilines is 1. The molecular formula is C30H33N3O7. The van der Waals surface area contributed by atoms with Gasteiger partial charge in [0.1, 0.15) is 6.61 Å². The second-order valence-corrected chi connectivity index (χ2v) is 9.01. The Kier molecular flexibility index (Phi) is 11.2. The second-order valence-electron chi connectivity index (χ2n) is 9.01. The van der Waals surface area contributed by atoms with E-state index < -0.39 is 18.0 Å². The molecule has 3 aromatic carbocycles. The highest BCUT2D eigenvalue weighted by Gasteiger charge is 2.12. The molecule has 0 atom stereocenters. The summed E-state index contributed by atoms with van der Waals surface area (Å²) in [5.74, 6) is -1.53. The largest absolute Gasteiger partial charge is 0.466 e. The van der Waals surface area contributed by atoms with Gasteiger partial charge in [0.25, 0.3) is 5.91 Å². The second kappa shape index (κ2) is 15.0. The van der Waals surface area contributed by atoms with Crippen molar-refractivity contribution in [1.29, 1.82) is 0 Å². The summed E-state index contributed by atoms with van der Waals surface area (Å²) in [7, 11) is 1.19. The summed E-state index contributed by atoms with van der Waals surface area (Å²) in [5.41, 5.74) is 2.39. The predicted octanol–water partition coefficient (Wildman–Crippen LogP) is 4.66. The van der Waals surface area contributed by atoms with Crippen molar-refractivity contribution in [2.24, 2.45) is 0 Å². The van der Waals surface area contributed by atoms with Gasteiger partial charge < -0.3 is 14.4 Å². The molecule has 2 N–H and O–H groups in total. The van der Waals surface area contributed by atoms with Crippen LogP contribution < -0.4 is 5.32 Å². The average molecular weight is 548 g/mol. The number of carbonyl (C=O) groups excluding carboxylic acids is 4. The molecule has 0 aliphatic heterocycles. The number of ether oxygens (including phenoxy) is 2. The molecule has 40 heavy (non-hydrogen) atoms. The maximum Gasteiger partial charge on any atom is 0.411 e. The van der Waals surface area contributed by atoms with Gasteiger partial charge in [0, 0.05) is 44.1 Å². The Morgan fingerprint density at radius 3 is 2.27 bits per heavy atom. The number of benzene rings is 3. The van der Waals surface area contributed by atoms with E-state index in [2.05, 4.69) is 10.1 Å². The van der Waals surface area contributed by atoms with E-state index in [1.165, 1.54) is 14.0 Å². The topological polar surface area (TPSA) is 125 Å². The van der Waals surface area contributed by atoms with Gasteiger partial charge in [0.15, 0.2) is 0 Å². The summed E-state index contributed by atoms with van der Waals surface area (Å²) in [6.07, 6.45) is 2.32. The first-order valence-corrected chi connectivity index (χ1v) is 12.8. The molecule has 0 aromatic heterocycles. The third-order valence-corrected chi connectivity index (χ3v) is 6.10. The summed E-state index contributed by atoms with van der Waals surface area (Å²) >= 11 is 0. The number of methoxy groups -OCH3 is 1. The number of unbranched alkanes of at least 4 members (excludes halogenated alkanes) is 1. The Morgan fingerprint density at radius 2 is 1.55 bits per heavy atom. The Balaban J connectivity index is 1.43. The lowest BCUT2D eigenvalue weighted by molar-refractivity contribution is -0.159. The van der Waals surface area contributed by atoms with Crippen LogP contribution in [0.1, 0.15) is 30.9 Å². The molecule has 0 saturated heterocycles. The highest BCUT2D eigenvalue weighted by atomic mass is 16.5. The van der Waals surface area contributed by atoms with Crippen molar-refractivity contribution in [2.75, 3.05) is 25.5 Å². The van der Waals surface area contributed by atoms with Gasteiger partial charge in [-0.15, -0.1) is 0 Å². The number of nitrogens with zero attached hydrogens (tertiary/aromatic N) is 2. The van der Waals surface area contributed by atoms with Gasteiger partial charge in [-0.05, 0) is 35.4 Å². The molecule has 210 valence electrons. The van der Waals surface area contributed by atoms with Crippen LogP contribution in [0.3, 0.4) is 0 Å². The lowest BCUT2D eigenvalue weighted by Crippen LogP contribution is -2.31. The predicted molar refractivity (Wildman–Crippen MR) is 149 cm³/mol. The van der Waals surface area contributed by atoms with Crippen molar-refractivity contribution < 1.29 is 33.9 Å². The van der Waals surface area contributed by atoms with Crippen LogP contribution in [-0.4, -0.2) is 59.2 Å². The third kappa shape index (κ3) is 9.25. The smallest absolute Gasteiger partial charge is 0.411 e. The number of amides is 3. The van der Waals surface area contributed by atoms with E-state index in [-0.39, 0.29) is 19.1 Å². The van der Waals surface area contributed by atoms with Gasteiger partial charge in [-0.2, -0.15) is 0 Å². The molecule has 0 heterocycles. The van der Waals surface area contributed by atoms with E-state index in [1.807, 2.05) is 66.7 Å². The summed E-state index contributed by atoms with van der Waals surface area (Å²) in [5, 5.41) is 15.0. The molecule has 0 bridgehead atoms. The number of hydroxylamine groups is 2. The average Bonchev–Trinajstić information content (AvgIpc) is 2.96. The molecule has 0 unspecified atom stereocenters. The van der Waals surface area contributed by atoms with Crippen molar-refractivity contribution >= 4 is 40.3 Å². The molecule has 3 amide bonds. The standard InChI is InChI=1S/C30H33N3O7/c1-22(34)32(18-5-6-19-33(38)28(35)16-17-29(36)39-2)20-23-12-14-24(15-13-23)21-40-30(37)31-27-11-7-9-25-8-3-4-10-26(25)27/h3-4,7-17,38H,5-6,18-21H2,1-2H3,(H,31,37). The van der Waals surface area contributed by atoms with Crippen molar-refractivity contribution in [3.63, 3.8) is 0 Å². The van der Waals surface area contributed by atoms with Crippen LogP contribution in [0.5, 0.6) is 0 Å². The minimum atomic E-state index is -0.732. The van der Waals surface area contributed by atoms with Crippen LogP contribution in [-0.2, 0) is 37.0 Å². The molecule has 3 aromatic rings. The molecular weight excluding hydrogens is 514 g/mol. The van der Waals surface area contributed by atoms with Gasteiger partial charge in [0.05, 0.1) is 12.8 Å². The fourth-order valence-corrected chi connectivity index (χ4v) is 3.91. The number of nitrogens with one attached hydrogen (secondary N) is 1. The molecule has 0 aliphatic rings. The summed E-state index contributed by atoms with van der Waals surface area (Å²) in [4.78, 5) is 49.0. The number of hydrogen-bond acceptors (Lipinski definition) is 7. The molecule has 10 heteroatoms. The minimum absolute atomic E-state index is 0.0544. The lowest BCUT2D eigenvalue weighted by Gasteiger charge is -2.22. The van der Waals surface area contributed by atoms with Crippen LogP contribution in [0.2, 0.25) is 0 Å². The van der Waals surface area contributed by atoms with Crippen LogP contribution in [0, 0.1) is 0 Å². The van der Waals surface area contributed by atoms with E-state index in [4.69, 9.17) is 4.74 Å². The van der Waals surface area contributed by atoms with Gasteiger partial charge >= 0.3 is 12.1 Å². The van der Waals surface area contributed by atoms with Crippen molar-refractivity contribution in [1.82, 2.24) is 9.96 Å². The minimum Gasteiger partial charge on any atom is -0.466 e. The van der Waals surface area contributed by atoms with Crippen LogP contribution in [0.4, 0.5) is 10.5 Å². The molecule has 0 aliphatic carbocycles. The molecule has 0 spiro atoms. The number of rotatable bonds is 12. The number of carbonyl (C=O) groups is 4. The van der Waals surface area contributed by atoms with Crippen molar-refractivity contribution in [3.05, 3.63) is 90.0 Å². The summed E-state index contributed by atoms with van der Waals surface area (Å²) in [6.45, 7) is 2.46. The molecule has 3 rings (SSSR count). The zero-order valence-electron chi connectivity index (χ0n) is 22.5. The maximum atomic E-state index is 12.4. The Bertz CT molecular complexity index is 1350. The summed E-state index contributed by atoms with van der Waals surface area (Å²) in [6, 6.07) is 20.9. The zero-order chi connectivity index (χ0) is 28.9. The summed E-state index contributed by atoms with van der Waals surface area (Å²) < 4.78 is 9.78. The number of hydrogen-bond donors (Lipinski definition) is 2.